The second kappa shape index (κ2) is 7.95. The van der Waals surface area contributed by atoms with E-state index >= 15 is 0 Å². The van der Waals surface area contributed by atoms with Crippen molar-refractivity contribution in [2.24, 2.45) is 5.92 Å². The van der Waals surface area contributed by atoms with Gasteiger partial charge in [0.1, 0.15) is 0 Å². The molecule has 0 aliphatic carbocycles. The molecule has 0 radical (unpaired) electrons. The molecule has 0 aliphatic rings. The highest BCUT2D eigenvalue weighted by Gasteiger charge is 2.25. The molecule has 1 aromatic carbocycles. The van der Waals surface area contributed by atoms with Crippen molar-refractivity contribution in [1.82, 2.24) is 15.0 Å². The van der Waals surface area contributed by atoms with Crippen LogP contribution in [0.4, 0.5) is 16.3 Å². The van der Waals surface area contributed by atoms with Gasteiger partial charge in [-0.25, -0.2) is 4.39 Å². The Bertz CT molecular complexity index is 698. The number of nitrogens with one attached hydrogen (secondary N) is 1. The third-order valence-electron chi connectivity index (χ3n) is 3.96. The van der Waals surface area contributed by atoms with Gasteiger partial charge in [-0.3, -0.25) is 0 Å². The molecular formula is C18H25ClFN5. The van der Waals surface area contributed by atoms with Crippen LogP contribution in [0.5, 0.6) is 0 Å². The van der Waals surface area contributed by atoms with E-state index in [0.717, 1.165) is 17.9 Å². The van der Waals surface area contributed by atoms with Crippen LogP contribution in [0.3, 0.4) is 0 Å². The summed E-state index contributed by atoms with van der Waals surface area (Å²) in [6, 6.07) is 7.93. The first kappa shape index (κ1) is 19.4. The molecule has 1 atom stereocenters. The number of aromatic nitrogens is 3. The zero-order chi connectivity index (χ0) is 18.6. The van der Waals surface area contributed by atoms with Gasteiger partial charge in [0.15, 0.2) is 11.5 Å². The molecule has 0 fully saturated rings. The number of nitrogens with zero attached hydrogens (tertiary/aromatic N) is 3. The van der Waals surface area contributed by atoms with Crippen molar-refractivity contribution >= 4 is 23.5 Å². The molecule has 0 spiro atoms. The molecule has 7 heteroatoms. The lowest BCUT2D eigenvalue weighted by molar-refractivity contribution is 0.206. The highest BCUT2D eigenvalue weighted by molar-refractivity contribution is 6.30. The van der Waals surface area contributed by atoms with Gasteiger partial charge in [-0.2, -0.15) is 15.0 Å². The quantitative estimate of drug-likeness (QED) is 0.761. The molecule has 2 aromatic rings. The molecule has 1 aromatic heterocycles. The van der Waals surface area contributed by atoms with Gasteiger partial charge in [0.2, 0.25) is 11.9 Å². The van der Waals surface area contributed by atoms with Gasteiger partial charge in [-0.1, -0.05) is 37.6 Å². The predicted octanol–water partition coefficient (Wildman–Crippen LogP) is 4.38. The highest BCUT2D eigenvalue weighted by Crippen LogP contribution is 2.23. The average Bonchev–Trinajstić information content (AvgIpc) is 2.51. The fraction of sp³-hybridized carbons (Fsp3) is 0.500. The number of hydrogen-bond acceptors (Lipinski definition) is 5. The highest BCUT2D eigenvalue weighted by atomic mass is 35.5. The second-order valence-electron chi connectivity index (χ2n) is 6.97. The average molecular weight is 366 g/mol. The molecule has 0 bridgehead atoms. The molecule has 3 N–H and O–H groups in total. The van der Waals surface area contributed by atoms with Crippen molar-refractivity contribution in [3.8, 4) is 0 Å². The van der Waals surface area contributed by atoms with Gasteiger partial charge in [-0.15, -0.1) is 0 Å². The van der Waals surface area contributed by atoms with Crippen LogP contribution in [0.15, 0.2) is 24.3 Å². The standard InChI is InChI=1S/C18H25ClFN5/c1-11(2)14(10-7-12-5-8-13(19)9-6-12)22-17-24-15(18(3,4)20)23-16(21)25-17/h5-6,8-9,11,14H,7,10H2,1-4H3,(H3,21,22,23,24,25). The fourth-order valence-corrected chi connectivity index (χ4v) is 2.56. The van der Waals surface area contributed by atoms with Crippen LogP contribution in [0.25, 0.3) is 0 Å². The summed E-state index contributed by atoms with van der Waals surface area (Å²) in [6.07, 6.45) is 1.76. The first-order chi connectivity index (χ1) is 11.6. The van der Waals surface area contributed by atoms with Gasteiger partial charge in [0, 0.05) is 11.1 Å². The van der Waals surface area contributed by atoms with Crippen LogP contribution in [0, 0.1) is 5.92 Å². The lowest BCUT2D eigenvalue weighted by Crippen LogP contribution is -2.28. The van der Waals surface area contributed by atoms with E-state index in [9.17, 15) is 4.39 Å². The summed E-state index contributed by atoms with van der Waals surface area (Å²) >= 11 is 5.92. The molecule has 0 aliphatic heterocycles. The zero-order valence-corrected chi connectivity index (χ0v) is 15.8. The van der Waals surface area contributed by atoms with Crippen LogP contribution in [-0.2, 0) is 12.1 Å². The maximum atomic E-state index is 14.1. The van der Waals surface area contributed by atoms with E-state index in [1.807, 2.05) is 24.3 Å². The lowest BCUT2D eigenvalue weighted by Gasteiger charge is -2.23. The number of nitrogens with two attached hydrogens (primary N) is 1. The van der Waals surface area contributed by atoms with E-state index in [0.29, 0.717) is 11.9 Å². The second-order valence-corrected chi connectivity index (χ2v) is 7.41. The largest absolute Gasteiger partial charge is 0.368 e. The molecule has 5 nitrogen and oxygen atoms in total. The van der Waals surface area contributed by atoms with Crippen LogP contribution < -0.4 is 11.1 Å². The predicted molar refractivity (Wildman–Crippen MR) is 100 cm³/mol. The third-order valence-corrected chi connectivity index (χ3v) is 4.21. The number of aryl methyl sites for hydroxylation is 1. The summed E-state index contributed by atoms with van der Waals surface area (Å²) in [4.78, 5) is 12.2. The van der Waals surface area contributed by atoms with Crippen molar-refractivity contribution in [2.75, 3.05) is 11.1 Å². The molecule has 1 unspecified atom stereocenters. The molecular weight excluding hydrogens is 341 g/mol. The van der Waals surface area contributed by atoms with E-state index < -0.39 is 5.67 Å². The van der Waals surface area contributed by atoms with Gasteiger partial charge < -0.3 is 11.1 Å². The monoisotopic (exact) mass is 365 g/mol. The smallest absolute Gasteiger partial charge is 0.228 e. The minimum Gasteiger partial charge on any atom is -0.368 e. The van der Waals surface area contributed by atoms with Crippen molar-refractivity contribution in [3.05, 3.63) is 40.7 Å². The van der Waals surface area contributed by atoms with Gasteiger partial charge in [0.25, 0.3) is 0 Å². The van der Waals surface area contributed by atoms with Crippen molar-refractivity contribution < 1.29 is 4.39 Å². The lowest BCUT2D eigenvalue weighted by atomic mass is 9.97. The molecule has 0 amide bonds. The number of anilines is 2. The maximum absolute atomic E-state index is 14.1. The molecule has 2 rings (SSSR count). The summed E-state index contributed by atoms with van der Waals surface area (Å²) < 4.78 is 14.1. The first-order valence-electron chi connectivity index (χ1n) is 8.37. The summed E-state index contributed by atoms with van der Waals surface area (Å²) in [5.74, 6) is 0.691. The minimum atomic E-state index is -1.68. The van der Waals surface area contributed by atoms with Crippen molar-refractivity contribution in [1.29, 1.82) is 0 Å². The minimum absolute atomic E-state index is 0.0124. The molecule has 25 heavy (non-hydrogen) atoms. The number of halogens is 2. The topological polar surface area (TPSA) is 76.7 Å². The van der Waals surface area contributed by atoms with Crippen molar-refractivity contribution in [2.45, 2.75) is 52.2 Å². The molecule has 1 heterocycles. The van der Waals surface area contributed by atoms with Gasteiger partial charge in [-0.05, 0) is 50.3 Å². The zero-order valence-electron chi connectivity index (χ0n) is 15.1. The van der Waals surface area contributed by atoms with Gasteiger partial charge >= 0.3 is 0 Å². The molecule has 136 valence electrons. The first-order valence-corrected chi connectivity index (χ1v) is 8.75. The summed E-state index contributed by atoms with van der Waals surface area (Å²) in [5.41, 5.74) is 5.24. The number of alkyl halides is 1. The number of hydrogen-bond donors (Lipinski definition) is 2. The van der Waals surface area contributed by atoms with Crippen molar-refractivity contribution in [3.63, 3.8) is 0 Å². The number of nitrogen functional groups attached to an aromatic ring is 1. The third kappa shape index (κ3) is 5.81. The van der Waals surface area contributed by atoms with E-state index in [1.54, 1.807) is 0 Å². The molecule has 0 saturated carbocycles. The van der Waals surface area contributed by atoms with Crippen LogP contribution >= 0.6 is 11.6 Å². The van der Waals surface area contributed by atoms with E-state index in [2.05, 4.69) is 34.1 Å². The number of benzene rings is 1. The van der Waals surface area contributed by atoms with Crippen LogP contribution in [0.2, 0.25) is 5.02 Å². The maximum Gasteiger partial charge on any atom is 0.228 e. The Kier molecular flexibility index (Phi) is 6.16. The SMILES string of the molecule is CC(C)C(CCc1ccc(Cl)cc1)Nc1nc(N)nc(C(C)(C)F)n1. The van der Waals surface area contributed by atoms with E-state index in [4.69, 9.17) is 17.3 Å². The normalized spacial score (nSPS) is 13.1. The van der Waals surface area contributed by atoms with Crippen LogP contribution in [0.1, 0.15) is 45.5 Å². The Hall–Kier alpha value is -1.95. The Balaban J connectivity index is 2.11. The van der Waals surface area contributed by atoms with Gasteiger partial charge in [0.05, 0.1) is 0 Å². The Morgan fingerprint density at radius 1 is 1.16 bits per heavy atom. The number of rotatable bonds is 7. The Morgan fingerprint density at radius 2 is 1.80 bits per heavy atom. The summed E-state index contributed by atoms with van der Waals surface area (Å²) in [5, 5.41) is 4.00. The fourth-order valence-electron chi connectivity index (χ4n) is 2.43. The Morgan fingerprint density at radius 3 is 2.36 bits per heavy atom. The summed E-state index contributed by atoms with van der Waals surface area (Å²) in [7, 11) is 0. The van der Waals surface area contributed by atoms with Crippen LogP contribution in [-0.4, -0.2) is 21.0 Å². The van der Waals surface area contributed by atoms with E-state index in [1.165, 1.54) is 19.4 Å². The molecule has 0 saturated heterocycles. The summed E-state index contributed by atoms with van der Waals surface area (Å²) in [6.45, 7) is 7.02. The van der Waals surface area contributed by atoms with E-state index in [-0.39, 0.29) is 17.8 Å². The Labute approximate surface area is 153 Å².